The van der Waals surface area contributed by atoms with Crippen LogP contribution in [0.2, 0.25) is 0 Å². The summed E-state index contributed by atoms with van der Waals surface area (Å²) >= 11 is 0. The summed E-state index contributed by atoms with van der Waals surface area (Å²) in [6.07, 6.45) is 0. The lowest BCUT2D eigenvalue weighted by Crippen LogP contribution is -2.42. The minimum atomic E-state index is -0.851. The second-order valence-electron chi connectivity index (χ2n) is 18.5. The number of hydrogen-bond acceptors (Lipinski definition) is 5. The fourth-order valence-corrected chi connectivity index (χ4v) is 12.7. The minimum absolute atomic E-state index is 0.0434. The van der Waals surface area contributed by atoms with E-state index in [0.717, 1.165) is 112 Å². The maximum atomic E-state index is 14.2. The first-order chi connectivity index (χ1) is 34.6. The fraction of sp³-hybridized carbons (Fsp3) is 0.0308. The number of hydrogen-bond donors (Lipinski definition) is 0. The molecule has 0 amide bonds. The van der Waals surface area contributed by atoms with Crippen molar-refractivity contribution in [1.29, 1.82) is 10.5 Å². The molecule has 5 heteroatoms. The van der Waals surface area contributed by atoms with Crippen LogP contribution in [0.25, 0.3) is 22.3 Å². The molecule has 0 fully saturated rings. The Labute approximate surface area is 405 Å². The predicted octanol–water partition coefficient (Wildman–Crippen LogP) is 15.0. The first-order valence-electron chi connectivity index (χ1n) is 23.6. The summed E-state index contributed by atoms with van der Waals surface area (Å²) in [6.45, 7) is 0. The summed E-state index contributed by atoms with van der Waals surface area (Å²) in [4.78, 5) is 18.9. The van der Waals surface area contributed by atoms with E-state index in [2.05, 4.69) is 198 Å². The van der Waals surface area contributed by atoms with Gasteiger partial charge in [-0.15, -0.1) is 0 Å². The molecule has 0 N–H and O–H groups in total. The summed E-state index contributed by atoms with van der Waals surface area (Å²) < 4.78 is 0. The third kappa shape index (κ3) is 5.05. The summed E-state index contributed by atoms with van der Waals surface area (Å²) in [5.41, 5.74) is 19.5. The molecule has 0 atom stereocenters. The number of carbonyl (C=O) groups is 1. The molecule has 0 bridgehead atoms. The van der Waals surface area contributed by atoms with Gasteiger partial charge in [0, 0.05) is 22.5 Å². The number of anilines is 6. The average Bonchev–Trinajstić information content (AvgIpc) is 3.72. The molecular weight excluding hydrogens is 853 g/mol. The van der Waals surface area contributed by atoms with Crippen LogP contribution < -0.4 is 9.80 Å². The van der Waals surface area contributed by atoms with Crippen molar-refractivity contribution in [1.82, 2.24) is 0 Å². The molecule has 324 valence electrons. The van der Waals surface area contributed by atoms with Crippen LogP contribution in [0.3, 0.4) is 0 Å². The largest absolute Gasteiger partial charge is 0.310 e. The van der Waals surface area contributed by atoms with Crippen molar-refractivity contribution >= 4 is 39.9 Å². The van der Waals surface area contributed by atoms with Crippen LogP contribution in [0.5, 0.6) is 0 Å². The van der Waals surface area contributed by atoms with E-state index in [1.54, 1.807) is 0 Å². The Kier molecular flexibility index (Phi) is 8.33. The Morgan fingerprint density at radius 3 is 1.24 bits per heavy atom. The van der Waals surface area contributed by atoms with E-state index in [1.807, 2.05) is 54.6 Å². The van der Waals surface area contributed by atoms with Gasteiger partial charge in [-0.25, -0.2) is 0 Å². The van der Waals surface area contributed by atoms with Crippen molar-refractivity contribution in [3.63, 3.8) is 0 Å². The number of rotatable bonds is 3. The van der Waals surface area contributed by atoms with Crippen molar-refractivity contribution in [2.24, 2.45) is 0 Å². The van der Waals surface area contributed by atoms with Crippen LogP contribution in [0, 0.1) is 22.7 Å². The second-order valence-corrected chi connectivity index (χ2v) is 18.5. The number of nitrogens with zero attached hydrogens (tertiary/aromatic N) is 4. The molecule has 0 radical (unpaired) electrons. The topological polar surface area (TPSA) is 71.1 Å². The average molecular weight is 891 g/mol. The van der Waals surface area contributed by atoms with Crippen LogP contribution in [0.15, 0.2) is 231 Å². The molecule has 2 aliphatic carbocycles. The molecule has 0 saturated heterocycles. The predicted molar refractivity (Wildman–Crippen MR) is 277 cm³/mol. The minimum Gasteiger partial charge on any atom is -0.310 e. The molecule has 5 nitrogen and oxygen atoms in total. The van der Waals surface area contributed by atoms with Gasteiger partial charge in [0.25, 0.3) is 0 Å². The lowest BCUT2D eigenvalue weighted by molar-refractivity contribution is 0.103. The zero-order valence-electron chi connectivity index (χ0n) is 37.6. The molecule has 2 heterocycles. The van der Waals surface area contributed by atoms with Crippen LogP contribution in [-0.4, -0.2) is 5.78 Å². The molecule has 2 spiro atoms. The first kappa shape index (κ1) is 39.6. The first-order valence-corrected chi connectivity index (χ1v) is 23.6. The normalized spacial score (nSPS) is 14.5. The maximum absolute atomic E-state index is 14.2. The van der Waals surface area contributed by atoms with E-state index >= 15 is 0 Å². The van der Waals surface area contributed by atoms with Gasteiger partial charge < -0.3 is 9.80 Å². The summed E-state index contributed by atoms with van der Waals surface area (Å²) in [5, 5.41) is 21.4. The van der Waals surface area contributed by atoms with Gasteiger partial charge in [0.15, 0.2) is 5.78 Å². The zero-order chi connectivity index (χ0) is 46.7. The van der Waals surface area contributed by atoms with E-state index < -0.39 is 10.8 Å². The quantitative estimate of drug-likeness (QED) is 0.177. The maximum Gasteiger partial charge on any atom is 0.193 e. The van der Waals surface area contributed by atoms with E-state index in [0.29, 0.717) is 11.1 Å². The highest BCUT2D eigenvalue weighted by Gasteiger charge is 2.54. The van der Waals surface area contributed by atoms with Gasteiger partial charge in [-0.1, -0.05) is 158 Å². The van der Waals surface area contributed by atoms with Crippen molar-refractivity contribution < 1.29 is 4.79 Å². The van der Waals surface area contributed by atoms with Gasteiger partial charge in [-0.05, 0) is 140 Å². The lowest BCUT2D eigenvalue weighted by Gasteiger charge is -2.48. The van der Waals surface area contributed by atoms with E-state index in [4.69, 9.17) is 0 Å². The highest BCUT2D eigenvalue weighted by Crippen LogP contribution is 2.65. The van der Waals surface area contributed by atoms with Gasteiger partial charge >= 0.3 is 0 Å². The Hall–Kier alpha value is -9.55. The molecule has 0 aromatic heterocycles. The Bertz CT molecular complexity index is 3820. The van der Waals surface area contributed by atoms with Gasteiger partial charge in [0.1, 0.15) is 0 Å². The standard InChI is InChI=1S/C65H38N4O/c66-39-41-30-35-46-56(37-41)65(54-24-10-14-28-60(54)68(44-16-2-1-3-17-44)61-29-15-11-25-55(61)65)57-38-42(40-67)36-49(62(46)57)43-31-33-45(34-32-43)69-58-26-12-8-22-52(58)64(53-23-9-13-27-59(53)69)50-20-6-4-18-47(50)63(70)48-19-5-7-21-51(48)64/h1-38H. The Balaban J connectivity index is 0.981. The third-order valence-electron chi connectivity index (χ3n) is 15.3. The lowest BCUT2D eigenvalue weighted by atomic mass is 9.57. The summed E-state index contributed by atoms with van der Waals surface area (Å²) in [6, 6.07) is 85.0. The smallest absolute Gasteiger partial charge is 0.193 e. The highest BCUT2D eigenvalue weighted by molar-refractivity contribution is 6.15. The Morgan fingerprint density at radius 1 is 0.329 bits per heavy atom. The number of benzene rings is 10. The summed E-state index contributed by atoms with van der Waals surface area (Å²) in [7, 11) is 0. The van der Waals surface area contributed by atoms with Crippen molar-refractivity contribution in [2.45, 2.75) is 10.8 Å². The van der Waals surface area contributed by atoms with Crippen molar-refractivity contribution in [2.75, 3.05) is 9.80 Å². The third-order valence-corrected chi connectivity index (χ3v) is 15.3. The van der Waals surface area contributed by atoms with Crippen LogP contribution in [0.4, 0.5) is 34.1 Å². The van der Waals surface area contributed by atoms with Crippen LogP contribution in [-0.2, 0) is 10.8 Å². The van der Waals surface area contributed by atoms with Gasteiger partial charge in [-0.3, -0.25) is 4.79 Å². The van der Waals surface area contributed by atoms with Crippen molar-refractivity contribution in [3.05, 3.63) is 297 Å². The Morgan fingerprint density at radius 2 is 0.743 bits per heavy atom. The SMILES string of the molecule is N#Cc1ccc2c(c1)C1(c3ccccc3N(c3ccccc3)c3ccccc31)c1cc(C#N)cc(-c3ccc(N4c5ccccc5C5(c6ccccc6C(=O)c6ccccc65)c5ccccc54)cc3)c1-2. The second kappa shape index (κ2) is 14.7. The number of fused-ring (bicyclic) bond motifs is 17. The van der Waals surface area contributed by atoms with E-state index in [1.165, 1.54) is 0 Å². The van der Waals surface area contributed by atoms with Crippen LogP contribution in [0.1, 0.15) is 71.6 Å². The summed E-state index contributed by atoms with van der Waals surface area (Å²) in [5.74, 6) is 0.0434. The molecular formula is C65H38N4O. The van der Waals surface area contributed by atoms with Crippen molar-refractivity contribution in [3.8, 4) is 34.4 Å². The molecule has 10 aromatic rings. The number of para-hydroxylation sites is 5. The molecule has 0 saturated carbocycles. The fourth-order valence-electron chi connectivity index (χ4n) is 12.7. The molecule has 0 unspecified atom stereocenters. The van der Waals surface area contributed by atoms with Gasteiger partial charge in [-0.2, -0.15) is 10.5 Å². The zero-order valence-corrected chi connectivity index (χ0v) is 37.6. The number of carbonyl (C=O) groups excluding carboxylic acids is 1. The number of ketones is 1. The van der Waals surface area contributed by atoms with E-state index in [-0.39, 0.29) is 5.78 Å². The van der Waals surface area contributed by atoms with Crippen LogP contribution >= 0.6 is 0 Å². The molecule has 4 aliphatic rings. The molecule has 10 aromatic carbocycles. The molecule has 2 aliphatic heterocycles. The number of nitriles is 2. The molecule has 70 heavy (non-hydrogen) atoms. The monoisotopic (exact) mass is 890 g/mol. The van der Waals surface area contributed by atoms with Gasteiger partial charge in [0.05, 0.1) is 56.8 Å². The highest BCUT2D eigenvalue weighted by atomic mass is 16.1. The molecule has 14 rings (SSSR count). The van der Waals surface area contributed by atoms with Gasteiger partial charge in [0.2, 0.25) is 0 Å². The van der Waals surface area contributed by atoms with E-state index in [9.17, 15) is 15.3 Å².